The molecule has 25 heavy (non-hydrogen) atoms. The van der Waals surface area contributed by atoms with Crippen LogP contribution >= 0.6 is 11.8 Å². The van der Waals surface area contributed by atoms with E-state index < -0.39 is 5.97 Å². The van der Waals surface area contributed by atoms with Crippen molar-refractivity contribution < 1.29 is 14.6 Å². The molecule has 1 aliphatic rings. The number of aliphatic carboxylic acids is 1. The molecule has 1 aromatic carbocycles. The van der Waals surface area contributed by atoms with Gasteiger partial charge in [-0.25, -0.2) is 4.98 Å². The number of pyridine rings is 1. The summed E-state index contributed by atoms with van der Waals surface area (Å²) in [5.41, 5.74) is 3.09. The highest BCUT2D eigenvalue weighted by Gasteiger charge is 2.18. The summed E-state index contributed by atoms with van der Waals surface area (Å²) in [5, 5.41) is 13.2. The second kappa shape index (κ2) is 7.78. The number of fused-ring (bicyclic) bond motifs is 1. The first-order valence-electron chi connectivity index (χ1n) is 8.43. The molecule has 1 aromatic heterocycles. The molecule has 0 spiro atoms. The van der Waals surface area contributed by atoms with Crippen molar-refractivity contribution in [2.45, 2.75) is 31.4 Å². The number of ether oxygens (including phenoxy) is 1. The molecule has 0 radical (unpaired) electrons. The summed E-state index contributed by atoms with van der Waals surface area (Å²) in [4.78, 5) is 15.3. The van der Waals surface area contributed by atoms with Crippen LogP contribution in [-0.2, 0) is 4.79 Å². The molecule has 6 heteroatoms. The van der Waals surface area contributed by atoms with Crippen molar-refractivity contribution in [3.8, 4) is 16.9 Å². The van der Waals surface area contributed by atoms with Gasteiger partial charge in [0.1, 0.15) is 11.9 Å². The standard InChI is InChI=1S/C19H22N2O3S/c1-3-15-10-20-16-6-4-13(8-17(16)24-15)14-5-7-18(21-9-14)25-11-12(2)19(22)23/h4-9,12,15,20H,3,10-11H2,1-2H3,(H,22,23). The molecule has 0 fully saturated rings. The highest BCUT2D eigenvalue weighted by Crippen LogP contribution is 2.34. The van der Waals surface area contributed by atoms with Gasteiger partial charge in [-0.05, 0) is 30.2 Å². The Morgan fingerprint density at radius 1 is 1.40 bits per heavy atom. The number of carbonyl (C=O) groups is 1. The van der Waals surface area contributed by atoms with E-state index in [0.717, 1.165) is 40.6 Å². The molecule has 2 unspecified atom stereocenters. The minimum atomic E-state index is -0.780. The molecule has 0 amide bonds. The van der Waals surface area contributed by atoms with Crippen molar-refractivity contribution in [1.29, 1.82) is 0 Å². The third-order valence-corrected chi connectivity index (χ3v) is 5.43. The minimum absolute atomic E-state index is 0.205. The van der Waals surface area contributed by atoms with Crippen LogP contribution in [0.5, 0.6) is 5.75 Å². The first-order valence-corrected chi connectivity index (χ1v) is 9.42. The molecule has 0 saturated heterocycles. The number of nitrogens with zero attached hydrogens (tertiary/aromatic N) is 1. The lowest BCUT2D eigenvalue weighted by atomic mass is 10.1. The summed E-state index contributed by atoms with van der Waals surface area (Å²) in [5.74, 6) is 0.225. The second-order valence-electron chi connectivity index (χ2n) is 6.18. The summed E-state index contributed by atoms with van der Waals surface area (Å²) < 4.78 is 6.01. The van der Waals surface area contributed by atoms with Crippen LogP contribution in [0.25, 0.3) is 11.1 Å². The van der Waals surface area contributed by atoms with E-state index in [9.17, 15) is 4.79 Å². The second-order valence-corrected chi connectivity index (χ2v) is 7.22. The van der Waals surface area contributed by atoms with Crippen LogP contribution in [0.4, 0.5) is 5.69 Å². The van der Waals surface area contributed by atoms with Gasteiger partial charge >= 0.3 is 5.97 Å². The zero-order valence-electron chi connectivity index (χ0n) is 14.4. The van der Waals surface area contributed by atoms with Gasteiger partial charge in [0.05, 0.1) is 23.2 Å². The fraction of sp³-hybridized carbons (Fsp3) is 0.368. The number of hydrogen-bond acceptors (Lipinski definition) is 5. The number of nitrogens with one attached hydrogen (secondary N) is 1. The zero-order chi connectivity index (χ0) is 17.8. The highest BCUT2D eigenvalue weighted by atomic mass is 32.2. The summed E-state index contributed by atoms with van der Waals surface area (Å²) in [6.07, 6.45) is 3.00. The number of aromatic nitrogens is 1. The van der Waals surface area contributed by atoms with Gasteiger partial charge in [0, 0.05) is 17.5 Å². The van der Waals surface area contributed by atoms with Gasteiger partial charge in [-0.3, -0.25) is 4.79 Å². The van der Waals surface area contributed by atoms with E-state index in [2.05, 4.69) is 23.3 Å². The Kier molecular flexibility index (Phi) is 5.48. The fourth-order valence-electron chi connectivity index (χ4n) is 2.54. The Bertz CT molecular complexity index is 749. The van der Waals surface area contributed by atoms with Crippen LogP contribution in [0.3, 0.4) is 0 Å². The Morgan fingerprint density at radius 2 is 2.20 bits per heavy atom. The minimum Gasteiger partial charge on any atom is -0.486 e. The van der Waals surface area contributed by atoms with Crippen LogP contribution in [0.1, 0.15) is 20.3 Å². The lowest BCUT2D eigenvalue weighted by molar-refractivity contribution is -0.140. The monoisotopic (exact) mass is 358 g/mol. The molecule has 1 aliphatic heterocycles. The lowest BCUT2D eigenvalue weighted by Crippen LogP contribution is -2.29. The van der Waals surface area contributed by atoms with Gasteiger partial charge in [-0.1, -0.05) is 26.0 Å². The van der Waals surface area contributed by atoms with E-state index in [-0.39, 0.29) is 12.0 Å². The first kappa shape index (κ1) is 17.6. The number of carboxylic acid groups (broad SMARTS) is 1. The van der Waals surface area contributed by atoms with Crippen molar-refractivity contribution >= 4 is 23.4 Å². The molecule has 2 atom stereocenters. The number of benzene rings is 1. The molecular formula is C19H22N2O3S. The molecule has 0 saturated carbocycles. The maximum absolute atomic E-state index is 10.9. The maximum atomic E-state index is 10.9. The van der Waals surface area contributed by atoms with Gasteiger partial charge in [-0.2, -0.15) is 0 Å². The summed E-state index contributed by atoms with van der Waals surface area (Å²) in [6, 6.07) is 10.1. The Morgan fingerprint density at radius 3 is 2.88 bits per heavy atom. The molecular weight excluding hydrogens is 336 g/mol. The summed E-state index contributed by atoms with van der Waals surface area (Å²) in [7, 11) is 0. The van der Waals surface area contributed by atoms with Crippen molar-refractivity contribution in [2.24, 2.45) is 5.92 Å². The molecule has 2 aromatic rings. The van der Waals surface area contributed by atoms with Crippen LogP contribution in [0.2, 0.25) is 0 Å². The van der Waals surface area contributed by atoms with Crippen molar-refractivity contribution in [2.75, 3.05) is 17.6 Å². The summed E-state index contributed by atoms with van der Waals surface area (Å²) in [6.45, 7) is 4.66. The molecule has 0 bridgehead atoms. The van der Waals surface area contributed by atoms with Gasteiger partial charge in [0.15, 0.2) is 0 Å². The average Bonchev–Trinajstić information content (AvgIpc) is 2.65. The zero-order valence-corrected chi connectivity index (χ0v) is 15.2. The van der Waals surface area contributed by atoms with E-state index in [0.29, 0.717) is 5.75 Å². The Hall–Kier alpha value is -2.21. The topological polar surface area (TPSA) is 71.5 Å². The number of anilines is 1. The van der Waals surface area contributed by atoms with Crippen LogP contribution < -0.4 is 10.1 Å². The predicted octanol–water partition coefficient (Wildman–Crippen LogP) is 4.14. The first-order chi connectivity index (χ1) is 12.1. The van der Waals surface area contributed by atoms with Gasteiger partial charge < -0.3 is 15.2 Å². The average molecular weight is 358 g/mol. The van der Waals surface area contributed by atoms with Crippen molar-refractivity contribution in [1.82, 2.24) is 4.98 Å². The normalized spacial score (nSPS) is 17.1. The van der Waals surface area contributed by atoms with E-state index in [1.165, 1.54) is 11.8 Å². The number of carboxylic acids is 1. The van der Waals surface area contributed by atoms with Crippen molar-refractivity contribution in [3.63, 3.8) is 0 Å². The van der Waals surface area contributed by atoms with E-state index in [1.807, 2.05) is 30.5 Å². The van der Waals surface area contributed by atoms with Gasteiger partial charge in [0.2, 0.25) is 0 Å². The van der Waals surface area contributed by atoms with E-state index in [4.69, 9.17) is 9.84 Å². The van der Waals surface area contributed by atoms with Crippen LogP contribution in [0, 0.1) is 5.92 Å². The molecule has 2 heterocycles. The van der Waals surface area contributed by atoms with E-state index in [1.54, 1.807) is 6.92 Å². The van der Waals surface area contributed by atoms with Crippen molar-refractivity contribution in [3.05, 3.63) is 36.5 Å². The SMILES string of the molecule is CCC1CNc2ccc(-c3ccc(SCC(C)C(=O)O)nc3)cc2O1. The number of hydrogen-bond donors (Lipinski definition) is 2. The number of rotatable bonds is 6. The summed E-state index contributed by atoms with van der Waals surface area (Å²) >= 11 is 1.46. The quantitative estimate of drug-likeness (QED) is 0.756. The maximum Gasteiger partial charge on any atom is 0.307 e. The van der Waals surface area contributed by atoms with Gasteiger partial charge in [-0.15, -0.1) is 11.8 Å². The molecule has 132 valence electrons. The Balaban J connectivity index is 1.71. The van der Waals surface area contributed by atoms with Gasteiger partial charge in [0.25, 0.3) is 0 Å². The number of thioether (sulfide) groups is 1. The molecule has 3 rings (SSSR count). The molecule has 0 aliphatic carbocycles. The highest BCUT2D eigenvalue weighted by molar-refractivity contribution is 7.99. The third-order valence-electron chi connectivity index (χ3n) is 4.22. The molecule has 2 N–H and O–H groups in total. The largest absolute Gasteiger partial charge is 0.486 e. The Labute approximate surface area is 151 Å². The van der Waals surface area contributed by atoms with E-state index >= 15 is 0 Å². The predicted molar refractivity (Wildman–Crippen MR) is 100 cm³/mol. The van der Waals surface area contributed by atoms with Crippen LogP contribution in [0.15, 0.2) is 41.6 Å². The smallest absolute Gasteiger partial charge is 0.307 e. The lowest BCUT2D eigenvalue weighted by Gasteiger charge is -2.27. The van der Waals surface area contributed by atoms with Crippen LogP contribution in [-0.4, -0.2) is 34.5 Å². The fourth-order valence-corrected chi connectivity index (χ4v) is 3.39. The molecule has 5 nitrogen and oxygen atoms in total. The third kappa shape index (κ3) is 4.25.